The highest BCUT2D eigenvalue weighted by atomic mass is 35.5. The molecule has 0 bridgehead atoms. The van der Waals surface area contributed by atoms with E-state index in [1.807, 2.05) is 6.07 Å². The molecule has 3 aliphatic rings. The number of carbonyl (C=O) groups is 2. The van der Waals surface area contributed by atoms with Crippen molar-refractivity contribution in [1.82, 2.24) is 4.90 Å². The van der Waals surface area contributed by atoms with E-state index in [0.717, 1.165) is 11.4 Å². The maximum Gasteiger partial charge on any atom is 0.339 e. The van der Waals surface area contributed by atoms with Crippen LogP contribution in [0.5, 0.6) is 11.5 Å². The lowest BCUT2D eigenvalue weighted by molar-refractivity contribution is -0.119. The molecule has 0 aromatic heterocycles. The summed E-state index contributed by atoms with van der Waals surface area (Å²) in [7, 11) is -1.18. The Labute approximate surface area is 277 Å². The van der Waals surface area contributed by atoms with Gasteiger partial charge in [0.2, 0.25) is 0 Å². The van der Waals surface area contributed by atoms with Crippen LogP contribution in [0.2, 0.25) is 5.02 Å². The normalized spacial score (nSPS) is 19.6. The van der Waals surface area contributed by atoms with Crippen molar-refractivity contribution < 1.29 is 31.7 Å². The molecule has 0 amide bonds. The second-order valence-corrected chi connectivity index (χ2v) is 15.9. The predicted molar refractivity (Wildman–Crippen MR) is 178 cm³/mol. The van der Waals surface area contributed by atoms with Crippen LogP contribution < -0.4 is 8.92 Å². The number of ketones is 2. The summed E-state index contributed by atoms with van der Waals surface area (Å²) in [6.07, 6.45) is 3.92. The van der Waals surface area contributed by atoms with Gasteiger partial charge in [0.1, 0.15) is 4.90 Å². The molecule has 0 saturated carbocycles. The van der Waals surface area contributed by atoms with Gasteiger partial charge in [0.15, 0.2) is 23.1 Å². The second-order valence-electron chi connectivity index (χ2n) is 13.9. The fourth-order valence-corrected chi connectivity index (χ4v) is 8.10. The van der Waals surface area contributed by atoms with Gasteiger partial charge in [0.05, 0.1) is 13.7 Å². The molecule has 2 aliphatic carbocycles. The van der Waals surface area contributed by atoms with Crippen LogP contribution in [0.25, 0.3) is 0 Å². The Balaban J connectivity index is 1.74. The minimum atomic E-state index is -4.26. The van der Waals surface area contributed by atoms with Crippen LogP contribution in [0, 0.1) is 10.8 Å². The molecule has 2 aromatic carbocycles. The van der Waals surface area contributed by atoms with E-state index in [2.05, 4.69) is 39.2 Å². The van der Waals surface area contributed by atoms with Gasteiger partial charge in [0, 0.05) is 65.5 Å². The van der Waals surface area contributed by atoms with E-state index in [0.29, 0.717) is 66.1 Å². The van der Waals surface area contributed by atoms with Crippen LogP contribution in [-0.4, -0.2) is 52.3 Å². The number of hydrogen-bond donors (Lipinski definition) is 0. The van der Waals surface area contributed by atoms with E-state index in [1.54, 1.807) is 19.3 Å². The number of hydrogen-bond acceptors (Lipinski definition) is 8. The summed E-state index contributed by atoms with van der Waals surface area (Å²) < 4.78 is 43.7. The van der Waals surface area contributed by atoms with Crippen molar-refractivity contribution in [2.24, 2.45) is 10.8 Å². The van der Waals surface area contributed by atoms with E-state index in [-0.39, 0.29) is 45.2 Å². The van der Waals surface area contributed by atoms with Crippen molar-refractivity contribution in [1.29, 1.82) is 0 Å². The third-order valence-corrected chi connectivity index (χ3v) is 10.4. The summed E-state index contributed by atoms with van der Waals surface area (Å²) >= 11 is 5.98. The first-order valence-corrected chi connectivity index (χ1v) is 17.2. The van der Waals surface area contributed by atoms with Crippen molar-refractivity contribution in [3.8, 4) is 11.5 Å². The van der Waals surface area contributed by atoms with E-state index in [4.69, 9.17) is 25.3 Å². The lowest BCUT2D eigenvalue weighted by Gasteiger charge is -2.49. The van der Waals surface area contributed by atoms with E-state index >= 15 is 0 Å². The first kappa shape index (κ1) is 33.9. The Morgan fingerprint density at radius 2 is 1.50 bits per heavy atom. The highest BCUT2D eigenvalue weighted by Gasteiger charge is 2.49. The van der Waals surface area contributed by atoms with E-state index < -0.39 is 16.0 Å². The van der Waals surface area contributed by atoms with Crippen LogP contribution in [0.3, 0.4) is 0 Å². The summed E-state index contributed by atoms with van der Waals surface area (Å²) in [6.45, 7) is 13.2. The van der Waals surface area contributed by atoms with Gasteiger partial charge in [-0.1, -0.05) is 51.4 Å². The summed E-state index contributed by atoms with van der Waals surface area (Å²) in [5.74, 6) is -0.453. The van der Waals surface area contributed by atoms with Crippen molar-refractivity contribution in [3.05, 3.63) is 87.7 Å². The SMILES string of the molecule is C=CCc1cc(C2C3=C(CC(C)(C)CC3=O)N(CCOC)C3=C2C(=O)CC(C)(C)C3)cc(OC)c1OS(=O)(=O)c1ccc(Cl)cc1. The average Bonchev–Trinajstić information content (AvgIpc) is 2.95. The fraction of sp³-hybridized carbons (Fsp3) is 0.444. The fourth-order valence-electron chi connectivity index (χ4n) is 7.00. The van der Waals surface area contributed by atoms with Crippen LogP contribution in [-0.2, 0) is 30.9 Å². The lowest BCUT2D eigenvalue weighted by atomic mass is 9.63. The molecule has 246 valence electrons. The van der Waals surface area contributed by atoms with Crippen LogP contribution >= 0.6 is 11.6 Å². The number of rotatable bonds is 10. The largest absolute Gasteiger partial charge is 0.493 e. The molecule has 10 heteroatoms. The van der Waals surface area contributed by atoms with Gasteiger partial charge >= 0.3 is 10.1 Å². The second kappa shape index (κ2) is 12.7. The molecule has 5 rings (SSSR count). The Morgan fingerprint density at radius 3 is 2.00 bits per heavy atom. The molecule has 1 heterocycles. The smallest absolute Gasteiger partial charge is 0.339 e. The number of Topliss-reactive ketones (excluding diaryl/α,β-unsaturated/α-hetero) is 2. The van der Waals surface area contributed by atoms with Gasteiger partial charge in [-0.3, -0.25) is 9.59 Å². The Hall–Kier alpha value is -3.40. The van der Waals surface area contributed by atoms with Gasteiger partial charge < -0.3 is 18.6 Å². The van der Waals surface area contributed by atoms with E-state index in [1.165, 1.54) is 31.4 Å². The number of benzene rings is 2. The minimum Gasteiger partial charge on any atom is -0.493 e. The molecule has 0 N–H and O–H groups in total. The van der Waals surface area contributed by atoms with Crippen LogP contribution in [0.15, 0.2) is 76.5 Å². The topological polar surface area (TPSA) is 99.2 Å². The summed E-state index contributed by atoms with van der Waals surface area (Å²) in [5.41, 5.74) is 3.68. The number of nitrogens with zero attached hydrogens (tertiary/aromatic N) is 1. The summed E-state index contributed by atoms with van der Waals surface area (Å²) in [4.78, 5) is 30.4. The Morgan fingerprint density at radius 1 is 0.935 bits per heavy atom. The first-order valence-electron chi connectivity index (χ1n) is 15.4. The number of methoxy groups -OCH3 is 2. The molecule has 0 atom stereocenters. The average molecular weight is 668 g/mol. The highest BCUT2D eigenvalue weighted by molar-refractivity contribution is 7.87. The number of allylic oxidation sites excluding steroid dienone is 5. The molecule has 8 nitrogen and oxygen atoms in total. The molecule has 0 saturated heterocycles. The van der Waals surface area contributed by atoms with Gasteiger partial charge in [-0.2, -0.15) is 8.42 Å². The van der Waals surface area contributed by atoms with Gasteiger partial charge in [-0.25, -0.2) is 0 Å². The van der Waals surface area contributed by atoms with Crippen LogP contribution in [0.4, 0.5) is 0 Å². The quantitative estimate of drug-likeness (QED) is 0.194. The third-order valence-electron chi connectivity index (χ3n) is 8.91. The predicted octanol–water partition coefficient (Wildman–Crippen LogP) is 7.18. The molecule has 2 aromatic rings. The monoisotopic (exact) mass is 667 g/mol. The summed E-state index contributed by atoms with van der Waals surface area (Å²) in [6, 6.07) is 9.22. The molecule has 0 unspecified atom stereocenters. The Bertz CT molecular complexity index is 1700. The number of carbonyl (C=O) groups excluding carboxylic acids is 2. The molecule has 46 heavy (non-hydrogen) atoms. The zero-order valence-electron chi connectivity index (χ0n) is 27.4. The minimum absolute atomic E-state index is 0.00210. The number of halogens is 1. The van der Waals surface area contributed by atoms with Crippen molar-refractivity contribution in [3.63, 3.8) is 0 Å². The Kier molecular flexibility index (Phi) is 9.34. The zero-order chi connectivity index (χ0) is 33.6. The van der Waals surface area contributed by atoms with Crippen molar-refractivity contribution in [2.45, 2.75) is 70.6 Å². The van der Waals surface area contributed by atoms with E-state index in [9.17, 15) is 18.0 Å². The molecule has 0 spiro atoms. The molecule has 1 aliphatic heterocycles. The highest BCUT2D eigenvalue weighted by Crippen LogP contribution is 2.55. The van der Waals surface area contributed by atoms with Gasteiger partial charge in [0.25, 0.3) is 0 Å². The number of ether oxygens (including phenoxy) is 2. The zero-order valence-corrected chi connectivity index (χ0v) is 28.9. The first-order chi connectivity index (χ1) is 21.6. The third kappa shape index (κ3) is 6.55. The van der Waals surface area contributed by atoms with Crippen LogP contribution in [0.1, 0.15) is 70.4 Å². The lowest BCUT2D eigenvalue weighted by Crippen LogP contribution is -2.45. The van der Waals surface area contributed by atoms with Crippen molar-refractivity contribution >= 4 is 33.3 Å². The maximum absolute atomic E-state index is 14.1. The molecule has 0 fully saturated rings. The van der Waals surface area contributed by atoms with Gasteiger partial charge in [-0.15, -0.1) is 6.58 Å². The molecular weight excluding hydrogens is 626 g/mol. The standard InChI is InChI=1S/C36H42ClNO7S/c1-8-9-22-16-23(17-30(44-7)34(22)45-46(41,42)25-12-10-24(37)11-13-25)31-32-26(18-35(2,3)20-28(32)39)38(14-15-43-6)27-19-36(4,5)21-29(40)33(27)31/h8,10-13,16-17,31H,1,9,14-15,18-21H2,2-7H3. The molecule has 0 radical (unpaired) electrons. The van der Waals surface area contributed by atoms with Gasteiger partial charge in [-0.05, 0) is 66.0 Å². The molecular formula is C36H42ClNO7S. The maximum atomic E-state index is 14.1. The van der Waals surface area contributed by atoms with Crippen molar-refractivity contribution in [2.75, 3.05) is 27.4 Å². The summed E-state index contributed by atoms with van der Waals surface area (Å²) in [5, 5.41) is 0.394.